The van der Waals surface area contributed by atoms with E-state index >= 15 is 0 Å². The maximum Gasteiger partial charge on any atom is 0.255 e. The van der Waals surface area contributed by atoms with Gasteiger partial charge in [0.15, 0.2) is 0 Å². The van der Waals surface area contributed by atoms with Gasteiger partial charge in [0.1, 0.15) is 6.04 Å². The van der Waals surface area contributed by atoms with Gasteiger partial charge in [0.05, 0.1) is 28.9 Å². The fourth-order valence-corrected chi connectivity index (χ4v) is 6.31. The molecule has 0 saturated carbocycles. The molecule has 2 amide bonds. The van der Waals surface area contributed by atoms with E-state index in [2.05, 4.69) is 5.32 Å². The maximum absolute atomic E-state index is 13.2. The molecule has 0 bridgehead atoms. The van der Waals surface area contributed by atoms with Crippen LogP contribution in [0.5, 0.6) is 0 Å². The SMILES string of the molecule is N#Cc1ccc(NC(=O)C2CSCN2C(=O)c2cccc(N3CCCS3(=O)=O)c2)cc1. The average Bonchev–Trinajstić information content (AvgIpc) is 3.40. The van der Waals surface area contributed by atoms with Crippen molar-refractivity contribution in [3.63, 3.8) is 0 Å². The highest BCUT2D eigenvalue weighted by Crippen LogP contribution is 2.28. The van der Waals surface area contributed by atoms with E-state index in [9.17, 15) is 18.0 Å². The Morgan fingerprint density at radius 1 is 1.16 bits per heavy atom. The van der Waals surface area contributed by atoms with Crippen LogP contribution in [0.1, 0.15) is 22.3 Å². The second-order valence-corrected chi connectivity index (χ2v) is 10.3. The summed E-state index contributed by atoms with van der Waals surface area (Å²) in [4.78, 5) is 27.5. The van der Waals surface area contributed by atoms with Gasteiger partial charge in [-0.1, -0.05) is 6.07 Å². The third-order valence-electron chi connectivity index (χ3n) is 5.21. The van der Waals surface area contributed by atoms with Gasteiger partial charge < -0.3 is 10.2 Å². The lowest BCUT2D eigenvalue weighted by atomic mass is 10.1. The normalized spacial score (nSPS) is 19.8. The molecule has 160 valence electrons. The van der Waals surface area contributed by atoms with Gasteiger partial charge in [-0.05, 0) is 48.9 Å². The van der Waals surface area contributed by atoms with Crippen molar-refractivity contribution in [3.8, 4) is 6.07 Å². The summed E-state index contributed by atoms with van der Waals surface area (Å²) in [5.74, 6) is 0.320. The number of rotatable bonds is 4. The fraction of sp³-hybridized carbons (Fsp3) is 0.286. The van der Waals surface area contributed by atoms with Crippen LogP contribution in [-0.4, -0.2) is 55.1 Å². The van der Waals surface area contributed by atoms with Crippen molar-refractivity contribution in [1.82, 2.24) is 4.90 Å². The zero-order chi connectivity index (χ0) is 22.0. The van der Waals surface area contributed by atoms with E-state index in [1.807, 2.05) is 6.07 Å². The highest BCUT2D eigenvalue weighted by Gasteiger charge is 2.36. The Labute approximate surface area is 184 Å². The molecule has 0 aromatic heterocycles. The first kappa shape index (κ1) is 21.2. The summed E-state index contributed by atoms with van der Waals surface area (Å²) in [7, 11) is -3.35. The number of nitrogens with one attached hydrogen (secondary N) is 1. The van der Waals surface area contributed by atoms with Gasteiger partial charge in [-0.2, -0.15) is 5.26 Å². The van der Waals surface area contributed by atoms with Gasteiger partial charge in [-0.3, -0.25) is 13.9 Å². The topological polar surface area (TPSA) is 111 Å². The van der Waals surface area contributed by atoms with Gasteiger partial charge in [0.2, 0.25) is 15.9 Å². The first-order chi connectivity index (χ1) is 14.9. The first-order valence-electron chi connectivity index (χ1n) is 9.69. The summed E-state index contributed by atoms with van der Waals surface area (Å²) in [5, 5.41) is 11.7. The van der Waals surface area contributed by atoms with Crippen LogP contribution in [0.4, 0.5) is 11.4 Å². The van der Waals surface area contributed by atoms with Crippen LogP contribution in [-0.2, 0) is 14.8 Å². The van der Waals surface area contributed by atoms with E-state index < -0.39 is 16.1 Å². The summed E-state index contributed by atoms with van der Waals surface area (Å²) in [6.07, 6.45) is 0.556. The molecule has 2 aromatic carbocycles. The number of benzene rings is 2. The lowest BCUT2D eigenvalue weighted by Crippen LogP contribution is -2.44. The molecule has 1 unspecified atom stereocenters. The first-order valence-corrected chi connectivity index (χ1v) is 12.5. The molecule has 0 spiro atoms. The Kier molecular flexibility index (Phi) is 5.89. The number of nitriles is 1. The highest BCUT2D eigenvalue weighted by atomic mass is 32.2. The number of sulfonamides is 1. The van der Waals surface area contributed by atoms with E-state index in [0.29, 0.717) is 47.1 Å². The Bertz CT molecular complexity index is 1160. The van der Waals surface area contributed by atoms with Gasteiger partial charge in [0.25, 0.3) is 5.91 Å². The maximum atomic E-state index is 13.2. The van der Waals surface area contributed by atoms with Gasteiger partial charge in [-0.25, -0.2) is 8.42 Å². The standard InChI is InChI=1S/C21H20N4O4S2/c22-12-15-5-7-17(8-6-15)23-20(26)19-13-30-14-24(19)21(27)16-3-1-4-18(11-16)25-9-2-10-31(25,28)29/h1,3-8,11,19H,2,9-10,13-14H2,(H,23,26). The van der Waals surface area contributed by atoms with E-state index in [-0.39, 0.29) is 17.6 Å². The Morgan fingerprint density at radius 3 is 2.61 bits per heavy atom. The molecule has 1 atom stereocenters. The molecule has 4 rings (SSSR count). The number of nitrogens with zero attached hydrogens (tertiary/aromatic N) is 3. The van der Waals surface area contributed by atoms with Crippen LogP contribution in [0.25, 0.3) is 0 Å². The smallest absolute Gasteiger partial charge is 0.255 e. The van der Waals surface area contributed by atoms with Crippen molar-refractivity contribution in [3.05, 3.63) is 59.7 Å². The van der Waals surface area contributed by atoms with Crippen molar-refractivity contribution < 1.29 is 18.0 Å². The quantitative estimate of drug-likeness (QED) is 0.756. The number of anilines is 2. The van der Waals surface area contributed by atoms with Crippen molar-refractivity contribution >= 4 is 45.0 Å². The highest BCUT2D eigenvalue weighted by molar-refractivity contribution is 7.99. The van der Waals surface area contributed by atoms with Crippen molar-refractivity contribution in [2.45, 2.75) is 12.5 Å². The van der Waals surface area contributed by atoms with Gasteiger partial charge in [0, 0.05) is 23.5 Å². The van der Waals surface area contributed by atoms with Gasteiger partial charge >= 0.3 is 0 Å². The number of carbonyl (C=O) groups excluding carboxylic acids is 2. The molecule has 0 radical (unpaired) electrons. The largest absolute Gasteiger partial charge is 0.324 e. The molecule has 2 aliphatic rings. The van der Waals surface area contributed by atoms with Crippen LogP contribution in [0, 0.1) is 11.3 Å². The Balaban J connectivity index is 1.50. The molecule has 31 heavy (non-hydrogen) atoms. The second kappa shape index (κ2) is 8.61. The van der Waals surface area contributed by atoms with Crippen LogP contribution < -0.4 is 9.62 Å². The molecule has 2 saturated heterocycles. The molecular weight excluding hydrogens is 436 g/mol. The summed E-state index contributed by atoms with van der Waals surface area (Å²) in [5.41, 5.74) is 1.85. The third-order valence-corrected chi connectivity index (χ3v) is 8.09. The van der Waals surface area contributed by atoms with Crippen molar-refractivity contribution in [2.24, 2.45) is 0 Å². The Morgan fingerprint density at radius 2 is 1.94 bits per heavy atom. The molecule has 2 aliphatic heterocycles. The van der Waals surface area contributed by atoms with E-state index in [0.717, 1.165) is 0 Å². The number of hydrogen-bond acceptors (Lipinski definition) is 6. The molecule has 2 fully saturated rings. The van der Waals surface area contributed by atoms with Crippen molar-refractivity contribution in [2.75, 3.05) is 33.5 Å². The summed E-state index contributed by atoms with van der Waals surface area (Å²) >= 11 is 1.48. The molecule has 8 nitrogen and oxygen atoms in total. The lowest BCUT2D eigenvalue weighted by molar-refractivity contribution is -0.119. The third kappa shape index (κ3) is 4.38. The van der Waals surface area contributed by atoms with Crippen LogP contribution in [0.2, 0.25) is 0 Å². The number of amides is 2. The van der Waals surface area contributed by atoms with Crippen molar-refractivity contribution in [1.29, 1.82) is 5.26 Å². The summed E-state index contributed by atoms with van der Waals surface area (Å²) < 4.78 is 25.8. The zero-order valence-electron chi connectivity index (χ0n) is 16.5. The molecule has 10 heteroatoms. The zero-order valence-corrected chi connectivity index (χ0v) is 18.2. The average molecular weight is 457 g/mol. The minimum atomic E-state index is -3.35. The monoisotopic (exact) mass is 456 g/mol. The fourth-order valence-electron chi connectivity index (χ4n) is 3.60. The lowest BCUT2D eigenvalue weighted by Gasteiger charge is -2.24. The predicted molar refractivity (Wildman–Crippen MR) is 119 cm³/mol. The minimum Gasteiger partial charge on any atom is -0.324 e. The van der Waals surface area contributed by atoms with Gasteiger partial charge in [-0.15, -0.1) is 11.8 Å². The van der Waals surface area contributed by atoms with E-state index in [1.54, 1.807) is 48.5 Å². The Hall–Kier alpha value is -3.03. The summed E-state index contributed by atoms with van der Waals surface area (Å²) in [6, 6.07) is 14.4. The number of hydrogen-bond donors (Lipinski definition) is 1. The second-order valence-electron chi connectivity index (χ2n) is 7.26. The molecule has 2 heterocycles. The van der Waals surface area contributed by atoms with Crippen LogP contribution in [0.3, 0.4) is 0 Å². The minimum absolute atomic E-state index is 0.103. The number of carbonyl (C=O) groups is 2. The van der Waals surface area contributed by atoms with E-state index in [1.165, 1.54) is 21.0 Å². The van der Waals surface area contributed by atoms with E-state index in [4.69, 9.17) is 5.26 Å². The molecule has 0 aliphatic carbocycles. The van der Waals surface area contributed by atoms with Crippen LogP contribution in [0.15, 0.2) is 48.5 Å². The molecular formula is C21H20N4O4S2. The summed E-state index contributed by atoms with van der Waals surface area (Å²) in [6.45, 7) is 0.398. The van der Waals surface area contributed by atoms with Crippen LogP contribution >= 0.6 is 11.8 Å². The molecule has 1 N–H and O–H groups in total. The predicted octanol–water partition coefficient (Wildman–Crippen LogP) is 2.25. The number of thioether (sulfide) groups is 1. The molecule has 2 aromatic rings.